The van der Waals surface area contributed by atoms with Crippen LogP contribution in [0.1, 0.15) is 37.8 Å². The number of hydrogen-bond donors (Lipinski definition) is 2. The predicted molar refractivity (Wildman–Crippen MR) is 64.0 cm³/mol. The molecule has 2 heteroatoms. The van der Waals surface area contributed by atoms with Gasteiger partial charge in [0.1, 0.15) is 0 Å². The minimum absolute atomic E-state index is 0.162. The Morgan fingerprint density at radius 1 is 1.27 bits per heavy atom. The summed E-state index contributed by atoms with van der Waals surface area (Å²) in [5.74, 6) is 0.399. The molecule has 1 unspecified atom stereocenters. The lowest BCUT2D eigenvalue weighted by Crippen LogP contribution is -2.22. The van der Waals surface area contributed by atoms with Crippen molar-refractivity contribution in [1.29, 1.82) is 0 Å². The van der Waals surface area contributed by atoms with Gasteiger partial charge >= 0.3 is 0 Å². The van der Waals surface area contributed by atoms with Crippen LogP contribution >= 0.6 is 0 Å². The van der Waals surface area contributed by atoms with Gasteiger partial charge in [0.15, 0.2) is 0 Å². The van der Waals surface area contributed by atoms with Crippen LogP contribution in [0.15, 0.2) is 24.3 Å². The van der Waals surface area contributed by atoms with E-state index in [9.17, 15) is 5.11 Å². The second kappa shape index (κ2) is 4.77. The van der Waals surface area contributed by atoms with Crippen molar-refractivity contribution in [3.8, 4) is 0 Å². The Hall–Kier alpha value is -0.860. The minimum atomic E-state index is -0.162. The van der Waals surface area contributed by atoms with E-state index in [-0.39, 0.29) is 12.0 Å². The van der Waals surface area contributed by atoms with Crippen LogP contribution in [-0.4, -0.2) is 18.3 Å². The molecule has 0 aliphatic carbocycles. The maximum absolute atomic E-state index is 9.25. The fraction of sp³-hybridized carbons (Fsp3) is 0.538. The zero-order valence-electron chi connectivity index (χ0n) is 9.83. The average Bonchev–Trinajstić information content (AvgIpc) is 2.28. The summed E-state index contributed by atoms with van der Waals surface area (Å²) in [6.45, 7) is 7.02. The number of nitrogens with two attached hydrogens (primary N) is 1. The molecule has 0 aliphatic rings. The van der Waals surface area contributed by atoms with Crippen LogP contribution in [0, 0.1) is 0 Å². The van der Waals surface area contributed by atoms with Gasteiger partial charge in [0.2, 0.25) is 0 Å². The first kappa shape index (κ1) is 12.2. The Kier molecular flexibility index (Phi) is 3.89. The molecule has 1 atom stereocenters. The molecule has 0 saturated heterocycles. The van der Waals surface area contributed by atoms with E-state index in [0.29, 0.717) is 12.5 Å². The Bertz CT molecular complexity index is 303. The molecule has 0 spiro atoms. The van der Waals surface area contributed by atoms with E-state index in [1.807, 2.05) is 13.8 Å². The van der Waals surface area contributed by atoms with Gasteiger partial charge in [0.05, 0.1) is 6.61 Å². The summed E-state index contributed by atoms with van der Waals surface area (Å²) in [5.41, 5.74) is 7.88. The second-order valence-electron chi connectivity index (χ2n) is 4.80. The normalized spacial score (nSPS) is 13.9. The number of aliphatic hydroxyl groups excluding tert-OH is 1. The third kappa shape index (κ3) is 2.80. The van der Waals surface area contributed by atoms with Crippen molar-refractivity contribution in [2.45, 2.75) is 32.1 Å². The zero-order valence-corrected chi connectivity index (χ0v) is 9.83. The molecule has 15 heavy (non-hydrogen) atoms. The Morgan fingerprint density at radius 3 is 2.20 bits per heavy atom. The highest BCUT2D eigenvalue weighted by Gasteiger charge is 2.19. The van der Waals surface area contributed by atoms with Crippen LogP contribution in [0.25, 0.3) is 0 Å². The van der Waals surface area contributed by atoms with Crippen molar-refractivity contribution in [3.05, 3.63) is 35.4 Å². The molecule has 0 saturated carbocycles. The molecule has 84 valence electrons. The van der Waals surface area contributed by atoms with Crippen LogP contribution in [0.2, 0.25) is 0 Å². The Morgan fingerprint density at radius 2 is 1.80 bits per heavy atom. The highest BCUT2D eigenvalue weighted by atomic mass is 16.3. The first-order valence-corrected chi connectivity index (χ1v) is 5.42. The van der Waals surface area contributed by atoms with Gasteiger partial charge in [0, 0.05) is 5.41 Å². The van der Waals surface area contributed by atoms with E-state index in [4.69, 9.17) is 5.73 Å². The first-order valence-electron chi connectivity index (χ1n) is 5.42. The van der Waals surface area contributed by atoms with Crippen molar-refractivity contribution >= 4 is 0 Å². The molecular weight excluding hydrogens is 186 g/mol. The minimum Gasteiger partial charge on any atom is -0.395 e. The summed E-state index contributed by atoms with van der Waals surface area (Å²) in [5, 5.41) is 9.25. The first-order chi connectivity index (χ1) is 7.01. The van der Waals surface area contributed by atoms with Crippen molar-refractivity contribution in [2.75, 3.05) is 13.2 Å². The van der Waals surface area contributed by atoms with Crippen LogP contribution in [0.3, 0.4) is 0 Å². The lowest BCUT2D eigenvalue weighted by atomic mass is 9.84. The van der Waals surface area contributed by atoms with Crippen LogP contribution in [0.4, 0.5) is 0 Å². The van der Waals surface area contributed by atoms with Gasteiger partial charge < -0.3 is 10.8 Å². The predicted octanol–water partition coefficient (Wildman–Crippen LogP) is 2.02. The van der Waals surface area contributed by atoms with Gasteiger partial charge in [-0.05, 0) is 23.6 Å². The number of rotatable bonds is 4. The summed E-state index contributed by atoms with van der Waals surface area (Å²) in [6.07, 6.45) is 0. The van der Waals surface area contributed by atoms with Gasteiger partial charge in [0.25, 0.3) is 0 Å². The quantitative estimate of drug-likeness (QED) is 0.793. The SMILES string of the molecule is CC(CN)c1ccc(C(C)(C)CO)cc1. The molecule has 0 aromatic heterocycles. The van der Waals surface area contributed by atoms with Gasteiger partial charge in [-0.3, -0.25) is 0 Å². The van der Waals surface area contributed by atoms with Gasteiger partial charge in [-0.25, -0.2) is 0 Å². The average molecular weight is 207 g/mol. The zero-order chi connectivity index (χ0) is 11.5. The topological polar surface area (TPSA) is 46.2 Å². The molecule has 0 aliphatic heterocycles. The van der Waals surface area contributed by atoms with E-state index in [1.165, 1.54) is 5.56 Å². The van der Waals surface area contributed by atoms with E-state index in [2.05, 4.69) is 31.2 Å². The standard InChI is InChI=1S/C13H21NO/c1-10(8-14)11-4-6-12(7-5-11)13(2,3)9-15/h4-7,10,15H,8-9,14H2,1-3H3. The highest BCUT2D eigenvalue weighted by molar-refractivity contribution is 5.29. The van der Waals surface area contributed by atoms with E-state index < -0.39 is 0 Å². The molecule has 2 nitrogen and oxygen atoms in total. The van der Waals surface area contributed by atoms with E-state index >= 15 is 0 Å². The summed E-state index contributed by atoms with van der Waals surface area (Å²) < 4.78 is 0. The number of benzene rings is 1. The molecule has 1 aromatic carbocycles. The van der Waals surface area contributed by atoms with E-state index in [1.54, 1.807) is 0 Å². The summed E-state index contributed by atoms with van der Waals surface area (Å²) in [7, 11) is 0. The molecule has 1 aromatic rings. The third-order valence-electron chi connectivity index (χ3n) is 3.01. The van der Waals surface area contributed by atoms with Gasteiger partial charge in [-0.2, -0.15) is 0 Å². The maximum atomic E-state index is 9.25. The molecule has 0 radical (unpaired) electrons. The number of aliphatic hydroxyl groups is 1. The van der Waals surface area contributed by atoms with Crippen LogP contribution in [-0.2, 0) is 5.41 Å². The maximum Gasteiger partial charge on any atom is 0.0522 e. The van der Waals surface area contributed by atoms with Crippen LogP contribution < -0.4 is 5.73 Å². The van der Waals surface area contributed by atoms with Crippen molar-refractivity contribution in [2.24, 2.45) is 5.73 Å². The fourth-order valence-electron chi connectivity index (χ4n) is 1.49. The van der Waals surface area contributed by atoms with Gasteiger partial charge in [-0.15, -0.1) is 0 Å². The molecule has 1 rings (SSSR count). The monoisotopic (exact) mass is 207 g/mol. The molecule has 3 N–H and O–H groups in total. The largest absolute Gasteiger partial charge is 0.395 e. The summed E-state index contributed by atoms with van der Waals surface area (Å²) in [6, 6.07) is 8.37. The molecular formula is C13H21NO. The van der Waals surface area contributed by atoms with Gasteiger partial charge in [-0.1, -0.05) is 45.0 Å². The van der Waals surface area contributed by atoms with Crippen LogP contribution in [0.5, 0.6) is 0 Å². The Balaban J connectivity index is 2.90. The van der Waals surface area contributed by atoms with Crippen molar-refractivity contribution < 1.29 is 5.11 Å². The third-order valence-corrected chi connectivity index (χ3v) is 3.01. The number of hydrogen-bond acceptors (Lipinski definition) is 2. The van der Waals surface area contributed by atoms with Crippen molar-refractivity contribution in [3.63, 3.8) is 0 Å². The highest BCUT2D eigenvalue weighted by Crippen LogP contribution is 2.24. The molecule has 0 fully saturated rings. The molecule has 0 heterocycles. The summed E-state index contributed by atoms with van der Waals surface area (Å²) in [4.78, 5) is 0. The molecule has 0 bridgehead atoms. The molecule has 0 amide bonds. The van der Waals surface area contributed by atoms with Crippen molar-refractivity contribution in [1.82, 2.24) is 0 Å². The van der Waals surface area contributed by atoms with E-state index in [0.717, 1.165) is 5.56 Å². The fourth-order valence-corrected chi connectivity index (χ4v) is 1.49. The summed E-state index contributed by atoms with van der Waals surface area (Å²) >= 11 is 0. The second-order valence-corrected chi connectivity index (χ2v) is 4.80. The lowest BCUT2D eigenvalue weighted by Gasteiger charge is -2.22. The lowest BCUT2D eigenvalue weighted by molar-refractivity contribution is 0.218. The Labute approximate surface area is 92.1 Å². The smallest absolute Gasteiger partial charge is 0.0522 e.